The molecule has 0 saturated carbocycles. The zero-order valence-electron chi connectivity index (χ0n) is 70.6. The molecular formula is C75H130N20O26. The highest BCUT2D eigenvalue weighted by molar-refractivity contribution is 6.01. The molecule has 1 aliphatic heterocycles. The van der Waals surface area contributed by atoms with Crippen molar-refractivity contribution in [3.63, 3.8) is 0 Å². The number of hydrogen-bond acceptors (Lipinski definition) is 26. The second-order valence-corrected chi connectivity index (χ2v) is 31.6. The number of likely N-dealkylation sites (tertiary alicyclic amines) is 1. The number of nitrogens with two attached hydrogens (primary N) is 4. The number of amides is 17. The molecule has 46 heteroatoms. The average Bonchev–Trinajstić information content (AvgIpc) is 1.61. The smallest absolute Gasteiger partial charge is 0.326 e. The van der Waals surface area contributed by atoms with Crippen molar-refractivity contribution in [1.82, 2.24) is 84.7 Å². The Balaban J connectivity index is 3.28. The predicted molar refractivity (Wildman–Crippen MR) is 430 cm³/mol. The van der Waals surface area contributed by atoms with Crippen molar-refractivity contribution in [2.24, 2.45) is 52.5 Å². The quantitative estimate of drug-likeness (QED) is 0.0252. The Labute approximate surface area is 701 Å². The van der Waals surface area contributed by atoms with Crippen LogP contribution in [0.4, 0.5) is 0 Å². The fourth-order valence-corrected chi connectivity index (χ4v) is 12.3. The first-order valence-electron chi connectivity index (χ1n) is 40.4. The van der Waals surface area contributed by atoms with E-state index in [0.29, 0.717) is 32.2 Å². The summed E-state index contributed by atoms with van der Waals surface area (Å²) in [6, 6.07) is -21.4. The molecule has 0 aliphatic carbocycles. The zero-order valence-corrected chi connectivity index (χ0v) is 70.6. The number of nitrogens with one attached hydrogen (secondary N) is 15. The molecule has 46 nitrogen and oxygen atoms in total. The van der Waals surface area contributed by atoms with E-state index >= 15 is 0 Å². The maximum atomic E-state index is 14.3. The van der Waals surface area contributed by atoms with E-state index < -0.39 is 292 Å². The second kappa shape index (κ2) is 55.9. The largest absolute Gasteiger partial charge is 0.481 e. The fraction of sp³-hybridized carbons (Fsp3) is 0.733. The van der Waals surface area contributed by atoms with Crippen LogP contribution in [-0.2, 0) is 95.9 Å². The monoisotopic (exact) mass is 1730 g/mol. The summed E-state index contributed by atoms with van der Waals surface area (Å²) in [5.74, 6) is -23.9. The summed E-state index contributed by atoms with van der Waals surface area (Å²) in [5, 5.41) is 95.6. The number of carbonyl (C=O) groups excluding carboxylic acids is 17. The van der Waals surface area contributed by atoms with Gasteiger partial charge in [-0.1, -0.05) is 75.7 Å². The van der Waals surface area contributed by atoms with Crippen LogP contribution in [0, 0.1) is 29.6 Å². The van der Waals surface area contributed by atoms with Crippen LogP contribution >= 0.6 is 0 Å². The highest BCUT2D eigenvalue weighted by Gasteiger charge is 2.42. The minimum atomic E-state index is -1.91. The van der Waals surface area contributed by atoms with Gasteiger partial charge in [0.05, 0.1) is 51.4 Å². The molecule has 0 aromatic rings. The van der Waals surface area contributed by atoms with Crippen molar-refractivity contribution in [2.75, 3.05) is 52.5 Å². The van der Waals surface area contributed by atoms with Gasteiger partial charge in [-0.15, -0.1) is 0 Å². The molecule has 1 heterocycles. The number of aliphatic hydroxyl groups excluding tert-OH is 3. The predicted octanol–water partition coefficient (Wildman–Crippen LogP) is -8.77. The summed E-state index contributed by atoms with van der Waals surface area (Å²) in [5.41, 5.74) is 22.2. The summed E-state index contributed by atoms with van der Waals surface area (Å²) < 4.78 is 0. The maximum absolute atomic E-state index is 14.3. The molecule has 0 radical (unpaired) electrons. The lowest BCUT2D eigenvalue weighted by Gasteiger charge is -2.31. The molecule has 0 aromatic heterocycles. The van der Waals surface area contributed by atoms with Crippen LogP contribution in [0.25, 0.3) is 0 Å². The van der Waals surface area contributed by atoms with Gasteiger partial charge < -0.3 is 138 Å². The van der Waals surface area contributed by atoms with Crippen LogP contribution in [0.1, 0.15) is 179 Å². The lowest BCUT2D eigenvalue weighted by Crippen LogP contribution is -2.63. The second-order valence-electron chi connectivity index (χ2n) is 31.6. The number of nitrogens with zero attached hydrogens (tertiary/aromatic N) is 1. The summed E-state index contributed by atoms with van der Waals surface area (Å²) in [6.07, 6.45) is -2.63. The Morgan fingerprint density at radius 3 is 1.26 bits per heavy atom. The topological polar surface area (TPSA) is 751 Å². The van der Waals surface area contributed by atoms with E-state index in [1.807, 2.05) is 0 Å². The Kier molecular flexibility index (Phi) is 50.0. The maximum Gasteiger partial charge on any atom is 0.326 e. The standard InChI is InChI=1S/C75H130N20O26/c1-36(2)27-46(87-64(109)43(18-13-15-25-77)85-68(113)50(34-96)90-62(107)42(78)17-12-14-24-76)63(108)81-33-56(102)84-48(30-58(105)106)66(111)88-47(28-37(3)4)67(112)92-60(40(9)10)72(117)94-61(41(11)98)73(118)93-59(39(7)8)71(116)91-51(35-97)69(114)89-49(29-38(5)6)74(119)95-26-16-19-52(95)70(115)82-31-54(100)80-32-55(101)83-44(21-23-57(103)104)65(110)86-45(75(120)121)20-22-53(79)99/h36-52,59-61,96-98H,12-35,76-78H2,1-11H3,(H2,79,99)(H,80,100)(H,81,108)(H,82,115)(H,83,101)(H,84,102)(H,85,113)(H,86,110)(H,87,109)(H,88,111)(H,89,114)(H,90,107)(H,91,116)(H,92,112)(H,93,118)(H,94,117)(H,103,104)(H,105,106)(H,120,121)/t41-,42+,43+,44+,45+,46+,47+,48+,49+,50+,51+,52+,59+,60+,61+/m1/s1. The minimum absolute atomic E-state index is 0.00595. The molecule has 15 atom stereocenters. The molecule has 29 N–H and O–H groups in total. The molecule has 0 unspecified atom stereocenters. The van der Waals surface area contributed by atoms with Gasteiger partial charge in [-0.2, -0.15) is 0 Å². The summed E-state index contributed by atoms with van der Waals surface area (Å²) in [6.45, 7) is 13.4. The van der Waals surface area contributed by atoms with E-state index in [-0.39, 0.29) is 69.9 Å². The lowest BCUT2D eigenvalue weighted by atomic mass is 9.98. The number of rotatable bonds is 59. The Morgan fingerprint density at radius 2 is 0.777 bits per heavy atom. The third kappa shape index (κ3) is 41.3. The van der Waals surface area contributed by atoms with Crippen molar-refractivity contribution in [1.29, 1.82) is 0 Å². The van der Waals surface area contributed by atoms with Crippen molar-refractivity contribution in [3.05, 3.63) is 0 Å². The van der Waals surface area contributed by atoms with E-state index in [2.05, 4.69) is 79.8 Å². The van der Waals surface area contributed by atoms with Crippen LogP contribution in [0.5, 0.6) is 0 Å². The molecule has 0 aromatic carbocycles. The van der Waals surface area contributed by atoms with E-state index in [0.717, 1.165) is 11.8 Å². The number of aliphatic carboxylic acids is 3. The van der Waals surface area contributed by atoms with Gasteiger partial charge in [0.25, 0.3) is 0 Å². The molecule has 1 rings (SSSR count). The molecule has 1 fully saturated rings. The van der Waals surface area contributed by atoms with E-state index in [9.17, 15) is 127 Å². The van der Waals surface area contributed by atoms with E-state index in [4.69, 9.17) is 22.9 Å². The van der Waals surface area contributed by atoms with Gasteiger partial charge in [-0.25, -0.2) is 4.79 Å². The van der Waals surface area contributed by atoms with E-state index in [1.54, 1.807) is 41.5 Å². The number of carbonyl (C=O) groups is 20. The van der Waals surface area contributed by atoms with Crippen molar-refractivity contribution < 1.29 is 127 Å². The number of carboxylic acid groups (broad SMARTS) is 3. The molecule has 17 amide bonds. The molecule has 0 bridgehead atoms. The van der Waals surface area contributed by atoms with Crippen molar-refractivity contribution >= 4 is 118 Å². The number of unbranched alkanes of at least 4 members (excludes halogenated alkanes) is 2. The first-order valence-corrected chi connectivity index (χ1v) is 40.4. The van der Waals surface area contributed by atoms with E-state index in [1.165, 1.54) is 27.7 Å². The number of primary amides is 1. The molecule has 1 aliphatic rings. The number of carboxylic acids is 3. The van der Waals surface area contributed by atoms with Gasteiger partial charge in [0.15, 0.2) is 0 Å². The van der Waals surface area contributed by atoms with Gasteiger partial charge in [-0.3, -0.25) is 91.1 Å². The van der Waals surface area contributed by atoms with Crippen LogP contribution < -0.4 is 103 Å². The number of hydrogen-bond donors (Lipinski definition) is 25. The molecule has 121 heavy (non-hydrogen) atoms. The van der Waals surface area contributed by atoms with Crippen molar-refractivity contribution in [3.8, 4) is 0 Å². The normalized spacial score (nSPS) is 16.0. The van der Waals surface area contributed by atoms with Crippen LogP contribution in [0.2, 0.25) is 0 Å². The fourth-order valence-electron chi connectivity index (χ4n) is 12.3. The number of aliphatic hydroxyl groups is 3. The Bertz CT molecular complexity index is 3530. The van der Waals surface area contributed by atoms with Gasteiger partial charge in [0.1, 0.15) is 78.5 Å². The minimum Gasteiger partial charge on any atom is -0.481 e. The molecule has 0 spiro atoms. The van der Waals surface area contributed by atoms with Crippen molar-refractivity contribution in [2.45, 2.75) is 270 Å². The Morgan fingerprint density at radius 1 is 0.388 bits per heavy atom. The zero-order chi connectivity index (χ0) is 92.2. The van der Waals surface area contributed by atoms with Crippen LogP contribution in [0.15, 0.2) is 0 Å². The molecular weight excluding hydrogens is 1600 g/mol. The van der Waals surface area contributed by atoms with Crippen LogP contribution in [0.3, 0.4) is 0 Å². The van der Waals surface area contributed by atoms with Gasteiger partial charge in [0.2, 0.25) is 100 Å². The molecule has 686 valence electrons. The first kappa shape index (κ1) is 108. The highest BCUT2D eigenvalue weighted by Crippen LogP contribution is 2.22. The summed E-state index contributed by atoms with van der Waals surface area (Å²) in [4.78, 5) is 266. The van der Waals surface area contributed by atoms with Crippen LogP contribution in [-0.4, -0.2) is 297 Å². The highest BCUT2D eigenvalue weighted by atomic mass is 16.4. The third-order valence-electron chi connectivity index (χ3n) is 18.8. The Hall–Kier alpha value is -10.8. The SMILES string of the molecule is CC(C)C[C@H](NC(=O)[C@H](CCCCN)NC(=O)[C@H](CO)NC(=O)[C@@H](N)CCCCN)C(=O)NCC(=O)N[C@@H](CC(=O)O)C(=O)N[C@@H](CC(C)C)C(=O)N[C@H](C(=O)N[C@H](C(=O)N[C@H](C(=O)N[C@@H](CO)C(=O)N[C@@H](CC(C)C)C(=O)N1CCC[C@H]1C(=O)NCC(=O)NCC(=O)N[C@@H](CCC(=O)O)C(=O)N[C@@H](CCC(N)=O)C(=O)O)C(C)C)[C@@H](C)O)C(C)C. The molecule has 1 saturated heterocycles. The third-order valence-corrected chi connectivity index (χ3v) is 18.8. The summed E-state index contributed by atoms with van der Waals surface area (Å²) >= 11 is 0. The lowest BCUT2D eigenvalue weighted by molar-refractivity contribution is -0.143. The average molecular weight is 1730 g/mol. The van der Waals surface area contributed by atoms with Gasteiger partial charge in [0, 0.05) is 19.4 Å². The first-order chi connectivity index (χ1) is 56.6. The summed E-state index contributed by atoms with van der Waals surface area (Å²) in [7, 11) is 0. The van der Waals surface area contributed by atoms with Gasteiger partial charge in [-0.05, 0) is 127 Å². The van der Waals surface area contributed by atoms with Gasteiger partial charge >= 0.3 is 17.9 Å².